The first-order chi connectivity index (χ1) is 11.7. The Hall–Kier alpha value is -1.57. The highest BCUT2D eigenvalue weighted by atomic mass is 127. The number of halogens is 1. The van der Waals surface area contributed by atoms with Gasteiger partial charge < -0.3 is 10.6 Å². The Morgan fingerprint density at radius 1 is 1.20 bits per heavy atom. The van der Waals surface area contributed by atoms with Crippen molar-refractivity contribution >= 4 is 29.9 Å². The van der Waals surface area contributed by atoms with E-state index in [1.54, 1.807) is 0 Å². The van der Waals surface area contributed by atoms with Crippen LogP contribution in [0.4, 0.5) is 0 Å². The van der Waals surface area contributed by atoms with Gasteiger partial charge in [-0.25, -0.2) is 4.68 Å². The van der Waals surface area contributed by atoms with Crippen LogP contribution in [0.2, 0.25) is 0 Å². The Labute approximate surface area is 167 Å². The number of hydrogen-bond acceptors (Lipinski definition) is 2. The lowest BCUT2D eigenvalue weighted by molar-refractivity contribution is 0.613. The van der Waals surface area contributed by atoms with Gasteiger partial charge in [0.05, 0.1) is 11.4 Å². The van der Waals surface area contributed by atoms with Gasteiger partial charge in [0.2, 0.25) is 0 Å². The zero-order valence-electron chi connectivity index (χ0n) is 15.2. The molecule has 6 heteroatoms. The Balaban J connectivity index is 0.00000225. The molecule has 1 aliphatic rings. The molecule has 1 aromatic carbocycles. The normalized spacial score (nSPS) is 15.1. The van der Waals surface area contributed by atoms with E-state index in [0.717, 1.165) is 23.9 Å². The van der Waals surface area contributed by atoms with E-state index in [1.807, 2.05) is 29.9 Å². The van der Waals surface area contributed by atoms with Crippen molar-refractivity contribution in [1.29, 1.82) is 0 Å². The van der Waals surface area contributed by atoms with Crippen LogP contribution >= 0.6 is 24.0 Å². The number of hydrogen-bond donors (Lipinski definition) is 2. The van der Waals surface area contributed by atoms with Crippen LogP contribution in [0.1, 0.15) is 42.6 Å². The van der Waals surface area contributed by atoms with Gasteiger partial charge in [0.15, 0.2) is 5.96 Å². The van der Waals surface area contributed by atoms with Crippen molar-refractivity contribution in [2.24, 2.45) is 4.99 Å². The Morgan fingerprint density at radius 2 is 1.88 bits per heavy atom. The summed E-state index contributed by atoms with van der Waals surface area (Å²) in [7, 11) is 1.83. The van der Waals surface area contributed by atoms with Crippen molar-refractivity contribution < 1.29 is 0 Å². The van der Waals surface area contributed by atoms with Crippen LogP contribution in [0, 0.1) is 13.8 Å². The van der Waals surface area contributed by atoms with E-state index >= 15 is 0 Å². The second-order valence-corrected chi connectivity index (χ2v) is 6.45. The van der Waals surface area contributed by atoms with Crippen LogP contribution in [0.15, 0.2) is 35.3 Å². The molecule has 0 unspecified atom stereocenters. The Bertz CT molecular complexity index is 702. The van der Waals surface area contributed by atoms with Gasteiger partial charge >= 0.3 is 0 Å². The van der Waals surface area contributed by atoms with Crippen molar-refractivity contribution in [3.8, 4) is 5.69 Å². The summed E-state index contributed by atoms with van der Waals surface area (Å²) in [5, 5.41) is 11.7. The predicted octanol–water partition coefficient (Wildman–Crippen LogP) is 3.71. The molecule has 136 valence electrons. The Kier molecular flexibility index (Phi) is 7.28. The fraction of sp³-hybridized carbons (Fsp3) is 0.474. The minimum absolute atomic E-state index is 0. The highest BCUT2D eigenvalue weighted by Crippen LogP contribution is 2.19. The third-order valence-corrected chi connectivity index (χ3v) is 4.79. The number of aryl methyl sites for hydroxylation is 1. The summed E-state index contributed by atoms with van der Waals surface area (Å²) in [5.74, 6) is 0.883. The molecule has 3 rings (SSSR count). The van der Waals surface area contributed by atoms with E-state index < -0.39 is 0 Å². The summed E-state index contributed by atoms with van der Waals surface area (Å²) < 4.78 is 2.01. The fourth-order valence-corrected chi connectivity index (χ4v) is 3.38. The molecule has 1 aliphatic carbocycles. The summed E-state index contributed by atoms with van der Waals surface area (Å²) in [4.78, 5) is 4.36. The van der Waals surface area contributed by atoms with Crippen LogP contribution in [-0.2, 0) is 6.54 Å². The molecule has 1 heterocycles. The molecule has 0 saturated heterocycles. The highest BCUT2D eigenvalue weighted by Gasteiger charge is 2.17. The van der Waals surface area contributed by atoms with Gasteiger partial charge in [-0.1, -0.05) is 31.0 Å². The van der Waals surface area contributed by atoms with Gasteiger partial charge in [-0.2, -0.15) is 5.10 Å². The first-order valence-electron chi connectivity index (χ1n) is 8.76. The largest absolute Gasteiger partial charge is 0.354 e. The molecule has 25 heavy (non-hydrogen) atoms. The molecular weight excluding hydrogens is 425 g/mol. The van der Waals surface area contributed by atoms with Gasteiger partial charge in [-0.15, -0.1) is 24.0 Å². The molecule has 0 atom stereocenters. The number of rotatable bonds is 4. The molecule has 1 saturated carbocycles. The minimum atomic E-state index is 0. The summed E-state index contributed by atoms with van der Waals surface area (Å²) in [6, 6.07) is 10.8. The zero-order valence-corrected chi connectivity index (χ0v) is 17.6. The molecule has 0 spiro atoms. The van der Waals surface area contributed by atoms with Crippen molar-refractivity contribution in [2.75, 3.05) is 7.05 Å². The van der Waals surface area contributed by atoms with E-state index in [2.05, 4.69) is 41.6 Å². The number of para-hydroxylation sites is 1. The zero-order chi connectivity index (χ0) is 16.9. The summed E-state index contributed by atoms with van der Waals surface area (Å²) >= 11 is 0. The van der Waals surface area contributed by atoms with Gasteiger partial charge in [-0.05, 0) is 38.8 Å². The molecule has 1 aromatic heterocycles. The average Bonchev–Trinajstić information content (AvgIpc) is 3.21. The summed E-state index contributed by atoms with van der Waals surface area (Å²) in [6.45, 7) is 4.92. The van der Waals surface area contributed by atoms with E-state index in [-0.39, 0.29) is 24.0 Å². The van der Waals surface area contributed by atoms with E-state index in [0.29, 0.717) is 6.04 Å². The van der Waals surface area contributed by atoms with Crippen molar-refractivity contribution in [3.05, 3.63) is 47.3 Å². The Morgan fingerprint density at radius 3 is 2.52 bits per heavy atom. The lowest BCUT2D eigenvalue weighted by atomic mass is 10.2. The molecule has 0 radical (unpaired) electrons. The van der Waals surface area contributed by atoms with Gasteiger partial charge in [0, 0.05) is 30.9 Å². The summed E-state index contributed by atoms with van der Waals surface area (Å²) in [5.41, 5.74) is 4.55. The molecule has 5 nitrogen and oxygen atoms in total. The third-order valence-electron chi connectivity index (χ3n) is 4.79. The molecule has 0 amide bonds. The van der Waals surface area contributed by atoms with Crippen LogP contribution < -0.4 is 10.6 Å². The highest BCUT2D eigenvalue weighted by molar-refractivity contribution is 14.0. The van der Waals surface area contributed by atoms with Crippen molar-refractivity contribution in [2.45, 2.75) is 52.1 Å². The molecule has 2 N–H and O–H groups in total. The molecular formula is C19H28IN5. The standard InChI is InChI=1S/C19H27N5.HI/c1-14-18(13-21-19(20-3)22-16-9-7-8-10-16)15(2)24(23-14)17-11-5-4-6-12-17;/h4-6,11-12,16H,7-10,13H2,1-3H3,(H2,20,21,22);1H. The number of aliphatic imine (C=N–C) groups is 1. The molecule has 1 fully saturated rings. The number of nitrogens with zero attached hydrogens (tertiary/aromatic N) is 3. The van der Waals surface area contributed by atoms with Crippen molar-refractivity contribution in [3.63, 3.8) is 0 Å². The number of guanidine groups is 1. The van der Waals surface area contributed by atoms with Crippen LogP contribution in [0.3, 0.4) is 0 Å². The quantitative estimate of drug-likeness (QED) is 0.422. The SMILES string of the molecule is CN=C(NCc1c(C)nn(-c2ccccc2)c1C)NC1CCCC1.I. The molecule has 0 aliphatic heterocycles. The van der Waals surface area contributed by atoms with E-state index in [9.17, 15) is 0 Å². The third kappa shape index (κ3) is 4.74. The second-order valence-electron chi connectivity index (χ2n) is 6.45. The number of benzene rings is 1. The molecule has 2 aromatic rings. The molecule has 0 bridgehead atoms. The van der Waals surface area contributed by atoms with E-state index in [1.165, 1.54) is 36.9 Å². The predicted molar refractivity (Wildman–Crippen MR) is 114 cm³/mol. The first-order valence-corrected chi connectivity index (χ1v) is 8.76. The smallest absolute Gasteiger partial charge is 0.191 e. The fourth-order valence-electron chi connectivity index (χ4n) is 3.38. The van der Waals surface area contributed by atoms with Gasteiger partial charge in [0.1, 0.15) is 0 Å². The van der Waals surface area contributed by atoms with E-state index in [4.69, 9.17) is 5.10 Å². The maximum Gasteiger partial charge on any atom is 0.191 e. The number of nitrogens with one attached hydrogen (secondary N) is 2. The maximum atomic E-state index is 4.70. The van der Waals surface area contributed by atoms with Crippen LogP contribution in [0.25, 0.3) is 5.69 Å². The minimum Gasteiger partial charge on any atom is -0.354 e. The van der Waals surface area contributed by atoms with Crippen molar-refractivity contribution in [1.82, 2.24) is 20.4 Å². The monoisotopic (exact) mass is 453 g/mol. The first kappa shape index (κ1) is 19.8. The topological polar surface area (TPSA) is 54.2 Å². The second kappa shape index (κ2) is 9.22. The maximum absolute atomic E-state index is 4.70. The van der Waals surface area contributed by atoms with Gasteiger partial charge in [0.25, 0.3) is 0 Å². The summed E-state index contributed by atoms with van der Waals surface area (Å²) in [6.07, 6.45) is 5.11. The number of aromatic nitrogens is 2. The average molecular weight is 453 g/mol. The lowest BCUT2D eigenvalue weighted by Gasteiger charge is -2.17. The van der Waals surface area contributed by atoms with Gasteiger partial charge in [-0.3, -0.25) is 4.99 Å². The van der Waals surface area contributed by atoms with Crippen LogP contribution in [-0.4, -0.2) is 28.8 Å². The van der Waals surface area contributed by atoms with Crippen LogP contribution in [0.5, 0.6) is 0 Å². The lowest BCUT2D eigenvalue weighted by Crippen LogP contribution is -2.42.